The Balaban J connectivity index is 1.87. The summed E-state index contributed by atoms with van der Waals surface area (Å²) in [4.78, 5) is 14.5. The van der Waals surface area contributed by atoms with E-state index in [0.717, 1.165) is 5.56 Å². The number of allylic oxidation sites excluding steroid dienone is 1. The second kappa shape index (κ2) is 7.96. The molecule has 1 fully saturated rings. The zero-order valence-electron chi connectivity index (χ0n) is 14.1. The van der Waals surface area contributed by atoms with Gasteiger partial charge in [0.25, 0.3) is 0 Å². The van der Waals surface area contributed by atoms with Gasteiger partial charge in [-0.15, -0.1) is 0 Å². The molecule has 1 saturated heterocycles. The monoisotopic (exact) mass is 338 g/mol. The average molecular weight is 338 g/mol. The predicted molar refractivity (Wildman–Crippen MR) is 97.0 cm³/mol. The number of amides is 2. The zero-order chi connectivity index (χ0) is 17.6. The first-order chi connectivity index (χ1) is 12.2. The third-order valence-corrected chi connectivity index (χ3v) is 4.16. The van der Waals surface area contributed by atoms with Crippen molar-refractivity contribution < 1.29 is 14.6 Å². The van der Waals surface area contributed by atoms with Crippen molar-refractivity contribution in [1.29, 1.82) is 0 Å². The van der Waals surface area contributed by atoms with Crippen LogP contribution in [-0.4, -0.2) is 35.0 Å². The first-order valence-electron chi connectivity index (χ1n) is 8.32. The quantitative estimate of drug-likeness (QED) is 0.838. The number of nitrogens with zero attached hydrogens (tertiary/aromatic N) is 1. The highest BCUT2D eigenvalue weighted by Crippen LogP contribution is 2.32. The lowest BCUT2D eigenvalue weighted by Gasteiger charge is -2.30. The van der Waals surface area contributed by atoms with Crippen LogP contribution >= 0.6 is 0 Å². The summed E-state index contributed by atoms with van der Waals surface area (Å²) in [5.74, 6) is 0. The maximum absolute atomic E-state index is 12.9. The normalized spacial score (nSPS) is 21.4. The van der Waals surface area contributed by atoms with Crippen molar-refractivity contribution in [2.24, 2.45) is 0 Å². The molecule has 1 unspecified atom stereocenters. The van der Waals surface area contributed by atoms with E-state index in [0.29, 0.717) is 12.3 Å². The first kappa shape index (κ1) is 17.2. The second-order valence-corrected chi connectivity index (χ2v) is 5.87. The van der Waals surface area contributed by atoms with E-state index in [9.17, 15) is 9.90 Å². The van der Waals surface area contributed by atoms with E-state index in [4.69, 9.17) is 4.74 Å². The van der Waals surface area contributed by atoms with E-state index in [1.54, 1.807) is 17.1 Å². The predicted octanol–water partition coefficient (Wildman–Crippen LogP) is 3.56. The molecule has 0 saturated carbocycles. The number of anilines is 1. The SMILES string of the molecule is C/C=C/C(O)[C@@H]1OC[C@H](c2ccccc2)N1C(=O)Nc1ccccc1. The summed E-state index contributed by atoms with van der Waals surface area (Å²) in [5.41, 5.74) is 1.67. The minimum Gasteiger partial charge on any atom is -0.384 e. The van der Waals surface area contributed by atoms with E-state index >= 15 is 0 Å². The molecule has 25 heavy (non-hydrogen) atoms. The van der Waals surface area contributed by atoms with Crippen LogP contribution < -0.4 is 5.32 Å². The van der Waals surface area contributed by atoms with Gasteiger partial charge in [0.05, 0.1) is 12.6 Å². The summed E-state index contributed by atoms with van der Waals surface area (Å²) in [6.07, 6.45) is 1.75. The van der Waals surface area contributed by atoms with E-state index < -0.39 is 12.3 Å². The van der Waals surface area contributed by atoms with Gasteiger partial charge in [-0.1, -0.05) is 60.7 Å². The van der Waals surface area contributed by atoms with Gasteiger partial charge in [-0.3, -0.25) is 4.90 Å². The molecule has 0 spiro atoms. The van der Waals surface area contributed by atoms with Crippen molar-refractivity contribution in [3.05, 3.63) is 78.4 Å². The molecule has 0 radical (unpaired) electrons. The topological polar surface area (TPSA) is 61.8 Å². The van der Waals surface area contributed by atoms with Crippen LogP contribution in [0, 0.1) is 0 Å². The van der Waals surface area contributed by atoms with Crippen LogP contribution in [0.4, 0.5) is 10.5 Å². The molecule has 0 aliphatic carbocycles. The Morgan fingerprint density at radius 2 is 1.84 bits per heavy atom. The molecule has 1 aliphatic heterocycles. The number of carbonyl (C=O) groups is 1. The Labute approximate surface area is 147 Å². The summed E-state index contributed by atoms with van der Waals surface area (Å²) < 4.78 is 5.77. The maximum Gasteiger partial charge on any atom is 0.324 e. The number of nitrogens with one attached hydrogen (secondary N) is 1. The van der Waals surface area contributed by atoms with Crippen LogP contribution in [0.3, 0.4) is 0 Å². The average Bonchev–Trinajstić information content (AvgIpc) is 3.09. The van der Waals surface area contributed by atoms with Gasteiger partial charge in [0.1, 0.15) is 6.10 Å². The van der Waals surface area contributed by atoms with Crippen LogP contribution in [0.1, 0.15) is 18.5 Å². The molecule has 3 atom stereocenters. The second-order valence-electron chi connectivity index (χ2n) is 5.87. The summed E-state index contributed by atoms with van der Waals surface area (Å²) in [6, 6.07) is 18.4. The molecule has 130 valence electrons. The fraction of sp³-hybridized carbons (Fsp3) is 0.250. The highest BCUT2D eigenvalue weighted by Gasteiger charge is 2.41. The molecule has 0 aromatic heterocycles. The fourth-order valence-corrected chi connectivity index (χ4v) is 2.98. The van der Waals surface area contributed by atoms with Gasteiger partial charge in [-0.05, 0) is 24.6 Å². The third-order valence-electron chi connectivity index (χ3n) is 4.16. The highest BCUT2D eigenvalue weighted by atomic mass is 16.5. The van der Waals surface area contributed by atoms with Crippen molar-refractivity contribution in [2.45, 2.75) is 25.3 Å². The number of hydrogen-bond donors (Lipinski definition) is 2. The van der Waals surface area contributed by atoms with Crippen LogP contribution in [0.25, 0.3) is 0 Å². The minimum absolute atomic E-state index is 0.255. The smallest absolute Gasteiger partial charge is 0.324 e. The van der Waals surface area contributed by atoms with Crippen LogP contribution in [0.2, 0.25) is 0 Å². The van der Waals surface area contributed by atoms with Crippen molar-refractivity contribution in [1.82, 2.24) is 4.90 Å². The standard InChI is InChI=1S/C20H22N2O3/c1-2-9-18(23)19-22(20(24)21-16-12-7-4-8-13-16)17(14-25-19)15-10-5-3-6-11-15/h2-13,17-19,23H,14H2,1H3,(H,21,24)/b9-2+/t17-,18?,19+/m1/s1. The highest BCUT2D eigenvalue weighted by molar-refractivity contribution is 5.90. The summed E-state index contributed by atoms with van der Waals surface area (Å²) in [6.45, 7) is 2.16. The molecule has 5 heteroatoms. The number of urea groups is 1. The number of aliphatic hydroxyl groups is 1. The largest absolute Gasteiger partial charge is 0.384 e. The molecule has 1 aliphatic rings. The van der Waals surface area contributed by atoms with Gasteiger partial charge in [0.2, 0.25) is 0 Å². The summed E-state index contributed by atoms with van der Waals surface area (Å²) in [5, 5.41) is 13.2. The molecule has 2 aromatic carbocycles. The molecule has 2 amide bonds. The lowest BCUT2D eigenvalue weighted by molar-refractivity contribution is -0.0269. The Morgan fingerprint density at radius 1 is 1.20 bits per heavy atom. The van der Waals surface area contributed by atoms with Gasteiger partial charge < -0.3 is 15.2 Å². The molecule has 2 N–H and O–H groups in total. The van der Waals surface area contributed by atoms with E-state index in [2.05, 4.69) is 5.32 Å². The van der Waals surface area contributed by atoms with Crippen LogP contribution in [0.5, 0.6) is 0 Å². The number of aliphatic hydroxyl groups excluding tert-OH is 1. The number of benzene rings is 2. The molecule has 1 heterocycles. The Bertz CT molecular complexity index is 718. The van der Waals surface area contributed by atoms with Gasteiger partial charge in [-0.25, -0.2) is 4.79 Å². The molecule has 3 rings (SSSR count). The molecule has 5 nitrogen and oxygen atoms in total. The van der Waals surface area contributed by atoms with Gasteiger partial charge >= 0.3 is 6.03 Å². The van der Waals surface area contributed by atoms with E-state index in [-0.39, 0.29) is 12.1 Å². The minimum atomic E-state index is -0.889. The molecular formula is C20H22N2O3. The summed E-state index contributed by atoms with van der Waals surface area (Å²) >= 11 is 0. The number of carbonyl (C=O) groups excluding carboxylic acids is 1. The third kappa shape index (κ3) is 3.90. The Morgan fingerprint density at radius 3 is 2.48 bits per heavy atom. The lowest BCUT2D eigenvalue weighted by Crippen LogP contribution is -2.46. The van der Waals surface area contributed by atoms with Crippen molar-refractivity contribution >= 4 is 11.7 Å². The molecular weight excluding hydrogens is 316 g/mol. The molecule has 0 bridgehead atoms. The van der Waals surface area contributed by atoms with Gasteiger partial charge in [0.15, 0.2) is 6.23 Å². The van der Waals surface area contributed by atoms with E-state index in [1.165, 1.54) is 0 Å². The lowest BCUT2D eigenvalue weighted by atomic mass is 10.1. The van der Waals surface area contributed by atoms with Crippen LogP contribution in [-0.2, 0) is 4.74 Å². The maximum atomic E-state index is 12.9. The van der Waals surface area contributed by atoms with Crippen molar-refractivity contribution in [2.75, 3.05) is 11.9 Å². The number of rotatable bonds is 4. The Kier molecular flexibility index (Phi) is 5.48. The number of hydrogen-bond acceptors (Lipinski definition) is 3. The first-order valence-corrected chi connectivity index (χ1v) is 8.32. The number of ether oxygens (including phenoxy) is 1. The molecule has 2 aromatic rings. The fourth-order valence-electron chi connectivity index (χ4n) is 2.98. The van der Waals surface area contributed by atoms with E-state index in [1.807, 2.05) is 67.6 Å². The van der Waals surface area contributed by atoms with Crippen LogP contribution in [0.15, 0.2) is 72.8 Å². The Hall–Kier alpha value is -2.63. The van der Waals surface area contributed by atoms with Crippen molar-refractivity contribution in [3.63, 3.8) is 0 Å². The number of para-hydroxylation sites is 1. The van der Waals surface area contributed by atoms with Gasteiger partial charge in [-0.2, -0.15) is 0 Å². The van der Waals surface area contributed by atoms with Crippen molar-refractivity contribution in [3.8, 4) is 0 Å². The summed E-state index contributed by atoms with van der Waals surface area (Å²) in [7, 11) is 0. The zero-order valence-corrected chi connectivity index (χ0v) is 14.1. The van der Waals surface area contributed by atoms with Gasteiger partial charge in [0, 0.05) is 5.69 Å².